The summed E-state index contributed by atoms with van der Waals surface area (Å²) in [6.07, 6.45) is 0. The van der Waals surface area contributed by atoms with E-state index in [2.05, 4.69) is 0 Å². The first-order valence-electron chi connectivity index (χ1n) is 3.74. The molecule has 0 aromatic rings. The van der Waals surface area contributed by atoms with Crippen molar-refractivity contribution in [1.82, 2.24) is 0 Å². The lowest BCUT2D eigenvalue weighted by Crippen LogP contribution is -2.31. The van der Waals surface area contributed by atoms with Gasteiger partial charge in [0.05, 0.1) is 10.3 Å². The molecule has 0 amide bonds. The van der Waals surface area contributed by atoms with Gasteiger partial charge in [0.15, 0.2) is 11.1 Å². The van der Waals surface area contributed by atoms with Crippen LogP contribution < -0.4 is 0 Å². The lowest BCUT2D eigenvalue weighted by molar-refractivity contribution is 0.148. The molecular weight excluding hydrogens is 160 g/mol. The van der Waals surface area contributed by atoms with Crippen LogP contribution in [0.3, 0.4) is 0 Å². The van der Waals surface area contributed by atoms with E-state index in [9.17, 15) is 4.21 Å². The highest BCUT2D eigenvalue weighted by atomic mass is 32.2. The molecule has 0 aromatic carbocycles. The SMILES string of the molecule is CC(C)(C)OS(=O)C(C)(C)C. The van der Waals surface area contributed by atoms with E-state index in [0.717, 1.165) is 0 Å². The van der Waals surface area contributed by atoms with Gasteiger partial charge in [0.25, 0.3) is 0 Å². The van der Waals surface area contributed by atoms with E-state index in [1.807, 2.05) is 41.5 Å². The van der Waals surface area contributed by atoms with Crippen molar-refractivity contribution in [3.05, 3.63) is 0 Å². The molecule has 11 heavy (non-hydrogen) atoms. The average molecular weight is 178 g/mol. The zero-order chi connectivity index (χ0) is 9.28. The van der Waals surface area contributed by atoms with Crippen LogP contribution in [0.1, 0.15) is 41.5 Å². The van der Waals surface area contributed by atoms with Gasteiger partial charge in [-0.15, -0.1) is 0 Å². The van der Waals surface area contributed by atoms with Gasteiger partial charge in [-0.3, -0.25) is 4.18 Å². The van der Waals surface area contributed by atoms with Crippen LogP contribution in [0.4, 0.5) is 0 Å². The van der Waals surface area contributed by atoms with Gasteiger partial charge < -0.3 is 0 Å². The summed E-state index contributed by atoms with van der Waals surface area (Å²) >= 11 is -1.21. The van der Waals surface area contributed by atoms with Crippen molar-refractivity contribution in [2.24, 2.45) is 0 Å². The second-order valence-electron chi connectivity index (χ2n) is 4.54. The fourth-order valence-electron chi connectivity index (χ4n) is 0.352. The Hall–Kier alpha value is 0.110. The van der Waals surface area contributed by atoms with Gasteiger partial charge in [0.2, 0.25) is 0 Å². The second kappa shape index (κ2) is 3.23. The van der Waals surface area contributed by atoms with E-state index in [4.69, 9.17) is 4.18 Å². The first kappa shape index (κ1) is 11.1. The zero-order valence-corrected chi connectivity index (χ0v) is 9.04. The molecule has 0 aliphatic heterocycles. The van der Waals surface area contributed by atoms with Crippen LogP contribution in [0.25, 0.3) is 0 Å². The van der Waals surface area contributed by atoms with Gasteiger partial charge >= 0.3 is 0 Å². The molecule has 0 radical (unpaired) electrons. The molecule has 68 valence electrons. The summed E-state index contributed by atoms with van der Waals surface area (Å²) in [6, 6.07) is 0. The van der Waals surface area contributed by atoms with Gasteiger partial charge in [0, 0.05) is 0 Å². The van der Waals surface area contributed by atoms with Gasteiger partial charge in [-0.2, -0.15) is 0 Å². The van der Waals surface area contributed by atoms with Crippen LogP contribution in [-0.4, -0.2) is 14.6 Å². The van der Waals surface area contributed by atoms with E-state index < -0.39 is 11.1 Å². The Balaban J connectivity index is 4.11. The van der Waals surface area contributed by atoms with Crippen molar-refractivity contribution < 1.29 is 8.39 Å². The molecule has 1 atom stereocenters. The third-order valence-electron chi connectivity index (χ3n) is 0.826. The van der Waals surface area contributed by atoms with Crippen LogP contribution in [0.5, 0.6) is 0 Å². The number of hydrogen-bond donors (Lipinski definition) is 0. The largest absolute Gasteiger partial charge is 0.284 e. The molecule has 0 saturated carbocycles. The predicted molar refractivity (Wildman–Crippen MR) is 48.7 cm³/mol. The minimum atomic E-state index is -1.21. The van der Waals surface area contributed by atoms with Crippen molar-refractivity contribution in [3.8, 4) is 0 Å². The minimum absolute atomic E-state index is 0.284. The second-order valence-corrected chi connectivity index (χ2v) is 6.40. The fourth-order valence-corrected chi connectivity index (χ4v) is 1.06. The van der Waals surface area contributed by atoms with Crippen LogP contribution in [-0.2, 0) is 15.3 Å². The molecule has 0 aromatic heterocycles. The molecule has 0 saturated heterocycles. The van der Waals surface area contributed by atoms with E-state index in [1.54, 1.807) is 0 Å². The third kappa shape index (κ3) is 5.39. The van der Waals surface area contributed by atoms with Crippen LogP contribution in [0, 0.1) is 0 Å². The van der Waals surface area contributed by atoms with Crippen LogP contribution in [0.15, 0.2) is 0 Å². The smallest absolute Gasteiger partial charge is 0.161 e. The Morgan fingerprint density at radius 1 is 1.00 bits per heavy atom. The van der Waals surface area contributed by atoms with Gasteiger partial charge in [-0.25, -0.2) is 4.21 Å². The third-order valence-corrected chi connectivity index (χ3v) is 2.48. The molecule has 0 heterocycles. The predicted octanol–water partition coefficient (Wildman–Crippen LogP) is 2.26. The minimum Gasteiger partial charge on any atom is -0.284 e. The van der Waals surface area contributed by atoms with E-state index >= 15 is 0 Å². The normalized spacial score (nSPS) is 16.5. The highest BCUT2D eigenvalue weighted by molar-refractivity contribution is 7.81. The van der Waals surface area contributed by atoms with E-state index in [0.29, 0.717) is 0 Å². The summed E-state index contributed by atoms with van der Waals surface area (Å²) in [5.74, 6) is 0. The van der Waals surface area contributed by atoms with Crippen molar-refractivity contribution in [1.29, 1.82) is 0 Å². The zero-order valence-electron chi connectivity index (χ0n) is 8.22. The summed E-state index contributed by atoms with van der Waals surface area (Å²) in [5.41, 5.74) is -0.321. The molecule has 0 spiro atoms. The monoisotopic (exact) mass is 178 g/mol. The Morgan fingerprint density at radius 2 is 1.36 bits per heavy atom. The first-order valence-corrected chi connectivity index (χ1v) is 4.82. The maximum absolute atomic E-state index is 11.4. The quantitative estimate of drug-likeness (QED) is 0.615. The fraction of sp³-hybridized carbons (Fsp3) is 1.00. The topological polar surface area (TPSA) is 26.3 Å². The molecule has 0 bridgehead atoms. The standard InChI is InChI=1S/C8H18O2S/c1-7(2,3)10-11(9)8(4,5)6/h1-6H3. The Morgan fingerprint density at radius 3 is 1.45 bits per heavy atom. The average Bonchev–Trinajstić information content (AvgIpc) is 1.56. The lowest BCUT2D eigenvalue weighted by atomic mass is 10.2. The van der Waals surface area contributed by atoms with Crippen LogP contribution in [0.2, 0.25) is 0 Å². The molecule has 1 unspecified atom stereocenters. The molecule has 0 fully saturated rings. The lowest BCUT2D eigenvalue weighted by Gasteiger charge is -2.24. The van der Waals surface area contributed by atoms with E-state index in [-0.39, 0.29) is 10.3 Å². The summed E-state index contributed by atoms with van der Waals surface area (Å²) in [6.45, 7) is 11.4. The molecule has 0 aliphatic rings. The van der Waals surface area contributed by atoms with E-state index in [1.165, 1.54) is 0 Å². The summed E-state index contributed by atoms with van der Waals surface area (Å²) in [4.78, 5) is 0. The first-order chi connectivity index (χ1) is 4.63. The van der Waals surface area contributed by atoms with Gasteiger partial charge in [-0.05, 0) is 41.5 Å². The van der Waals surface area contributed by atoms with Crippen molar-refractivity contribution >= 4 is 11.1 Å². The highest BCUT2D eigenvalue weighted by Crippen LogP contribution is 2.18. The molecule has 0 aliphatic carbocycles. The van der Waals surface area contributed by atoms with Gasteiger partial charge in [0.1, 0.15) is 0 Å². The van der Waals surface area contributed by atoms with Crippen molar-refractivity contribution in [2.45, 2.75) is 51.9 Å². The maximum atomic E-state index is 11.4. The Bertz CT molecular complexity index is 150. The molecule has 0 rings (SSSR count). The Labute approximate surface area is 72.0 Å². The number of rotatable bonds is 1. The number of hydrogen-bond acceptors (Lipinski definition) is 2. The van der Waals surface area contributed by atoms with Crippen LogP contribution >= 0.6 is 0 Å². The molecule has 0 N–H and O–H groups in total. The maximum Gasteiger partial charge on any atom is 0.161 e. The summed E-state index contributed by atoms with van der Waals surface area (Å²) < 4.78 is 16.4. The molecule has 2 nitrogen and oxygen atoms in total. The molecular formula is C8H18O2S. The van der Waals surface area contributed by atoms with Gasteiger partial charge in [-0.1, -0.05) is 0 Å². The summed E-state index contributed by atoms with van der Waals surface area (Å²) in [5, 5.41) is 0. The Kier molecular flexibility index (Phi) is 3.27. The molecule has 3 heteroatoms. The summed E-state index contributed by atoms with van der Waals surface area (Å²) in [7, 11) is 0. The highest BCUT2D eigenvalue weighted by Gasteiger charge is 2.25. The van der Waals surface area contributed by atoms with Crippen molar-refractivity contribution in [2.75, 3.05) is 0 Å². The van der Waals surface area contributed by atoms with Crippen molar-refractivity contribution in [3.63, 3.8) is 0 Å².